The van der Waals surface area contributed by atoms with Crippen molar-refractivity contribution in [3.63, 3.8) is 0 Å². The summed E-state index contributed by atoms with van der Waals surface area (Å²) in [4.78, 5) is 9.40. The molecular weight excluding hydrogens is 187 g/mol. The molecule has 3 N–H and O–H groups in total. The number of nitrogens with one attached hydrogen (secondary N) is 2. The maximum Gasteiger partial charge on any atom is 0.227 e. The normalized spacial score (nSPS) is 11.9. The molecule has 0 atom stereocenters. The van der Waals surface area contributed by atoms with Crippen molar-refractivity contribution in [1.82, 2.24) is 10.6 Å². The van der Waals surface area contributed by atoms with Crippen LogP contribution in [0.25, 0.3) is 0 Å². The standard InChI is InChI=1S/C8H21N2O2P/c1-3-5-9-7-13(11,12)8-10-6-4-2/h9-10H,3-8H2,1-2H3,(H,11,12). The lowest BCUT2D eigenvalue weighted by Crippen LogP contribution is -2.23. The Bertz CT molecular complexity index is 150. The molecule has 0 aromatic rings. The van der Waals surface area contributed by atoms with Crippen molar-refractivity contribution in [2.75, 3.05) is 25.7 Å². The molecule has 0 aliphatic heterocycles. The van der Waals surface area contributed by atoms with E-state index in [0.29, 0.717) is 0 Å². The Labute approximate surface area is 80.6 Å². The van der Waals surface area contributed by atoms with Gasteiger partial charge in [-0.25, -0.2) is 0 Å². The lowest BCUT2D eigenvalue weighted by Gasteiger charge is -2.12. The summed E-state index contributed by atoms with van der Waals surface area (Å²) in [6, 6.07) is 0. The van der Waals surface area contributed by atoms with E-state index < -0.39 is 7.37 Å². The summed E-state index contributed by atoms with van der Waals surface area (Å²) >= 11 is 0. The Balaban J connectivity index is 3.49. The molecule has 0 fully saturated rings. The highest BCUT2D eigenvalue weighted by molar-refractivity contribution is 7.57. The van der Waals surface area contributed by atoms with Crippen LogP contribution in [-0.2, 0) is 4.57 Å². The maximum atomic E-state index is 11.4. The van der Waals surface area contributed by atoms with Crippen LogP contribution in [0.4, 0.5) is 0 Å². The van der Waals surface area contributed by atoms with E-state index in [1.54, 1.807) is 0 Å². The molecule has 0 amide bonds. The summed E-state index contributed by atoms with van der Waals surface area (Å²) in [5, 5.41) is 5.90. The predicted octanol–water partition coefficient (Wildman–Crippen LogP) is 1.17. The lowest BCUT2D eigenvalue weighted by molar-refractivity contribution is 0.464. The van der Waals surface area contributed by atoms with E-state index in [1.807, 2.05) is 13.8 Å². The smallest absolute Gasteiger partial charge is 0.227 e. The first-order valence-corrected chi connectivity index (χ1v) is 6.87. The summed E-state index contributed by atoms with van der Waals surface area (Å²) in [5.41, 5.74) is 0. The van der Waals surface area contributed by atoms with Crippen LogP contribution >= 0.6 is 7.37 Å². The van der Waals surface area contributed by atoms with E-state index in [-0.39, 0.29) is 12.6 Å². The van der Waals surface area contributed by atoms with Crippen molar-refractivity contribution in [1.29, 1.82) is 0 Å². The zero-order valence-corrected chi connectivity index (χ0v) is 9.44. The number of hydrogen-bond acceptors (Lipinski definition) is 3. The Morgan fingerprint density at radius 1 is 1.08 bits per heavy atom. The van der Waals surface area contributed by atoms with E-state index in [4.69, 9.17) is 0 Å². The maximum absolute atomic E-state index is 11.4. The van der Waals surface area contributed by atoms with E-state index in [9.17, 15) is 9.46 Å². The molecule has 0 saturated heterocycles. The van der Waals surface area contributed by atoms with E-state index in [1.165, 1.54) is 0 Å². The largest absolute Gasteiger partial charge is 0.343 e. The molecule has 80 valence electrons. The molecule has 0 spiro atoms. The van der Waals surface area contributed by atoms with Crippen LogP contribution < -0.4 is 10.6 Å². The van der Waals surface area contributed by atoms with Crippen LogP contribution in [0.1, 0.15) is 26.7 Å². The van der Waals surface area contributed by atoms with Crippen LogP contribution in [0.2, 0.25) is 0 Å². The van der Waals surface area contributed by atoms with Gasteiger partial charge in [0.05, 0.1) is 12.6 Å². The molecule has 0 heterocycles. The quantitative estimate of drug-likeness (QED) is 0.414. The average Bonchev–Trinajstić information content (AvgIpc) is 2.05. The van der Waals surface area contributed by atoms with Crippen molar-refractivity contribution < 1.29 is 9.46 Å². The number of hydrogen-bond donors (Lipinski definition) is 3. The average molecular weight is 208 g/mol. The molecule has 0 rings (SSSR count). The Hall–Kier alpha value is 0.110. The Morgan fingerprint density at radius 2 is 1.46 bits per heavy atom. The van der Waals surface area contributed by atoms with E-state index in [2.05, 4.69) is 10.6 Å². The summed E-state index contributed by atoms with van der Waals surface area (Å²) in [6.07, 6.45) is 2.42. The van der Waals surface area contributed by atoms with Gasteiger partial charge in [0.25, 0.3) is 0 Å². The van der Waals surface area contributed by atoms with Gasteiger partial charge in [-0.3, -0.25) is 4.57 Å². The molecule has 13 heavy (non-hydrogen) atoms. The molecule has 0 saturated carbocycles. The summed E-state index contributed by atoms with van der Waals surface area (Å²) in [7, 11) is -2.97. The third-order valence-electron chi connectivity index (χ3n) is 1.57. The fourth-order valence-corrected chi connectivity index (χ4v) is 2.04. The van der Waals surface area contributed by atoms with E-state index >= 15 is 0 Å². The molecule has 0 aliphatic carbocycles. The molecular formula is C8H21N2O2P. The molecule has 0 aromatic carbocycles. The fourth-order valence-electron chi connectivity index (χ4n) is 0.917. The van der Waals surface area contributed by atoms with Gasteiger partial charge >= 0.3 is 0 Å². The second-order valence-electron chi connectivity index (χ2n) is 3.16. The first-order valence-electron chi connectivity index (χ1n) is 4.84. The monoisotopic (exact) mass is 208 g/mol. The van der Waals surface area contributed by atoms with Crippen LogP contribution in [0, 0.1) is 0 Å². The fraction of sp³-hybridized carbons (Fsp3) is 1.00. The van der Waals surface area contributed by atoms with Crippen molar-refractivity contribution in [3.8, 4) is 0 Å². The number of rotatable bonds is 8. The molecule has 0 radical (unpaired) electrons. The SMILES string of the molecule is CCCNCP(=O)(O)CNCCC. The van der Waals surface area contributed by atoms with Gasteiger partial charge in [-0.05, 0) is 25.9 Å². The third kappa shape index (κ3) is 8.44. The van der Waals surface area contributed by atoms with Crippen LogP contribution in [0.15, 0.2) is 0 Å². The van der Waals surface area contributed by atoms with Gasteiger partial charge in [-0.2, -0.15) is 0 Å². The van der Waals surface area contributed by atoms with Gasteiger partial charge in [0.1, 0.15) is 0 Å². The summed E-state index contributed by atoms with van der Waals surface area (Å²) < 4.78 is 11.4. The summed E-state index contributed by atoms with van der Waals surface area (Å²) in [5.74, 6) is 0. The first-order chi connectivity index (χ1) is 6.12. The summed E-state index contributed by atoms with van der Waals surface area (Å²) in [6.45, 7) is 5.67. The molecule has 5 heteroatoms. The zero-order chi connectivity index (χ0) is 10.2. The van der Waals surface area contributed by atoms with Gasteiger partial charge in [-0.1, -0.05) is 13.8 Å². The van der Waals surface area contributed by atoms with E-state index in [0.717, 1.165) is 25.9 Å². The van der Waals surface area contributed by atoms with Gasteiger partial charge in [0.15, 0.2) is 0 Å². The predicted molar refractivity (Wildman–Crippen MR) is 56.1 cm³/mol. The molecule has 0 bridgehead atoms. The highest BCUT2D eigenvalue weighted by Gasteiger charge is 2.15. The third-order valence-corrected chi connectivity index (χ3v) is 3.01. The molecule has 0 aliphatic rings. The highest BCUT2D eigenvalue weighted by Crippen LogP contribution is 2.36. The van der Waals surface area contributed by atoms with Crippen molar-refractivity contribution in [2.45, 2.75) is 26.7 Å². The zero-order valence-electron chi connectivity index (χ0n) is 8.55. The van der Waals surface area contributed by atoms with Crippen LogP contribution in [-0.4, -0.2) is 30.6 Å². The molecule has 0 unspecified atom stereocenters. The Morgan fingerprint density at radius 3 is 1.77 bits per heavy atom. The molecule has 0 aromatic heterocycles. The second-order valence-corrected chi connectivity index (χ2v) is 5.49. The minimum Gasteiger partial charge on any atom is -0.343 e. The second kappa shape index (κ2) is 7.51. The highest BCUT2D eigenvalue weighted by atomic mass is 31.2. The molecule has 4 nitrogen and oxygen atoms in total. The lowest BCUT2D eigenvalue weighted by atomic mass is 10.5. The first kappa shape index (κ1) is 13.1. The van der Waals surface area contributed by atoms with Gasteiger partial charge in [0, 0.05) is 0 Å². The minimum atomic E-state index is -2.97. The van der Waals surface area contributed by atoms with Gasteiger partial charge < -0.3 is 15.5 Å². The van der Waals surface area contributed by atoms with Crippen LogP contribution in [0.3, 0.4) is 0 Å². The van der Waals surface area contributed by atoms with Crippen LogP contribution in [0.5, 0.6) is 0 Å². The Kier molecular flexibility index (Phi) is 7.57. The van der Waals surface area contributed by atoms with Crippen molar-refractivity contribution in [2.24, 2.45) is 0 Å². The van der Waals surface area contributed by atoms with Gasteiger partial charge in [-0.15, -0.1) is 0 Å². The van der Waals surface area contributed by atoms with Crippen molar-refractivity contribution in [3.05, 3.63) is 0 Å². The topological polar surface area (TPSA) is 61.4 Å². The van der Waals surface area contributed by atoms with Gasteiger partial charge in [0.2, 0.25) is 7.37 Å². The van der Waals surface area contributed by atoms with Crippen molar-refractivity contribution >= 4 is 7.37 Å². The minimum absolute atomic E-state index is 0.220.